The number of rotatable bonds is 5. The molecule has 0 aromatic carbocycles. The van der Waals surface area contributed by atoms with Gasteiger partial charge in [-0.1, -0.05) is 0 Å². The molecule has 1 aliphatic heterocycles. The van der Waals surface area contributed by atoms with E-state index in [0.717, 1.165) is 32.3 Å². The van der Waals surface area contributed by atoms with E-state index in [1.54, 1.807) is 6.26 Å². The fourth-order valence-electron chi connectivity index (χ4n) is 1.91. The monoisotopic (exact) mass is 246 g/mol. The van der Waals surface area contributed by atoms with Crippen molar-refractivity contribution < 1.29 is 13.2 Å². The van der Waals surface area contributed by atoms with Crippen LogP contribution in [-0.4, -0.2) is 26.5 Å². The van der Waals surface area contributed by atoms with Gasteiger partial charge in [-0.3, -0.25) is 0 Å². The van der Waals surface area contributed by atoms with Crippen LogP contribution in [0, 0.1) is 5.92 Å². The molecule has 0 radical (unpaired) electrons. The summed E-state index contributed by atoms with van der Waals surface area (Å²) in [5.41, 5.74) is 1.17. The summed E-state index contributed by atoms with van der Waals surface area (Å²) in [5.74, 6) is 1.35. The van der Waals surface area contributed by atoms with Crippen LogP contribution in [0.3, 0.4) is 0 Å². The third-order valence-electron chi connectivity index (χ3n) is 2.87. The fourth-order valence-corrected chi connectivity index (χ4v) is 3.50. The van der Waals surface area contributed by atoms with Gasteiger partial charge in [0.15, 0.2) is 0 Å². The van der Waals surface area contributed by atoms with Crippen molar-refractivity contribution in [2.45, 2.75) is 39.5 Å². The van der Waals surface area contributed by atoms with Gasteiger partial charge in [0.1, 0.15) is 9.84 Å². The molecule has 0 aromatic rings. The molecule has 0 atom stereocenters. The minimum atomic E-state index is -2.70. The van der Waals surface area contributed by atoms with Crippen molar-refractivity contribution in [3.8, 4) is 0 Å². The second-order valence-electron chi connectivity index (χ2n) is 4.80. The molecule has 1 heterocycles. The predicted molar refractivity (Wildman–Crippen MR) is 66.0 cm³/mol. The van der Waals surface area contributed by atoms with Gasteiger partial charge < -0.3 is 4.74 Å². The van der Waals surface area contributed by atoms with E-state index in [2.05, 4.69) is 0 Å². The summed E-state index contributed by atoms with van der Waals surface area (Å²) < 4.78 is 27.8. The van der Waals surface area contributed by atoms with E-state index < -0.39 is 9.84 Å². The quantitative estimate of drug-likeness (QED) is 0.553. The lowest BCUT2D eigenvalue weighted by Crippen LogP contribution is -2.23. The van der Waals surface area contributed by atoms with Crippen molar-refractivity contribution in [2.75, 3.05) is 18.1 Å². The van der Waals surface area contributed by atoms with Gasteiger partial charge in [0.2, 0.25) is 0 Å². The molecule has 94 valence electrons. The molecule has 0 spiro atoms. The van der Waals surface area contributed by atoms with Gasteiger partial charge in [-0.05, 0) is 51.0 Å². The van der Waals surface area contributed by atoms with Gasteiger partial charge in [0, 0.05) is 0 Å². The maximum atomic E-state index is 11.2. The van der Waals surface area contributed by atoms with Crippen LogP contribution in [0.15, 0.2) is 11.8 Å². The van der Waals surface area contributed by atoms with E-state index in [9.17, 15) is 8.42 Å². The van der Waals surface area contributed by atoms with E-state index in [1.807, 2.05) is 13.8 Å². The van der Waals surface area contributed by atoms with E-state index in [-0.39, 0.29) is 0 Å². The summed E-state index contributed by atoms with van der Waals surface area (Å²) in [7, 11) is -2.70. The van der Waals surface area contributed by atoms with Gasteiger partial charge in [-0.25, -0.2) is 8.42 Å². The van der Waals surface area contributed by atoms with Crippen molar-refractivity contribution in [3.05, 3.63) is 11.8 Å². The maximum absolute atomic E-state index is 11.2. The number of sulfone groups is 1. The molecular formula is C12H22O3S. The van der Waals surface area contributed by atoms with Gasteiger partial charge in [0.05, 0.1) is 24.4 Å². The first-order valence-corrected chi connectivity index (χ1v) is 7.77. The topological polar surface area (TPSA) is 43.4 Å². The highest BCUT2D eigenvalue weighted by molar-refractivity contribution is 7.91. The lowest BCUT2D eigenvalue weighted by molar-refractivity contribution is 0.228. The minimum absolute atomic E-state index is 0.381. The van der Waals surface area contributed by atoms with Crippen molar-refractivity contribution in [1.29, 1.82) is 0 Å². The Balaban J connectivity index is 2.09. The Bertz CT molecular complexity index is 312. The summed E-state index contributed by atoms with van der Waals surface area (Å²) in [5, 5.41) is 0. The Morgan fingerprint density at radius 1 is 1.31 bits per heavy atom. The zero-order valence-electron chi connectivity index (χ0n) is 10.2. The van der Waals surface area contributed by atoms with Crippen LogP contribution in [-0.2, 0) is 14.6 Å². The first-order chi connectivity index (χ1) is 7.49. The van der Waals surface area contributed by atoms with Gasteiger partial charge in [0.25, 0.3) is 0 Å². The summed E-state index contributed by atoms with van der Waals surface area (Å²) >= 11 is 0. The van der Waals surface area contributed by atoms with Gasteiger partial charge >= 0.3 is 0 Å². The first kappa shape index (κ1) is 13.6. The lowest BCUT2D eigenvalue weighted by atomic mass is 9.97. The molecule has 16 heavy (non-hydrogen) atoms. The first-order valence-electron chi connectivity index (χ1n) is 5.95. The average molecular weight is 246 g/mol. The predicted octanol–water partition coefficient (Wildman–Crippen LogP) is 2.53. The summed E-state index contributed by atoms with van der Waals surface area (Å²) in [6, 6.07) is 0. The number of allylic oxidation sites excluding steroid dienone is 1. The van der Waals surface area contributed by atoms with Gasteiger partial charge in [-0.2, -0.15) is 0 Å². The van der Waals surface area contributed by atoms with Crippen LogP contribution in [0.5, 0.6) is 0 Å². The van der Waals surface area contributed by atoms with Gasteiger partial charge in [-0.15, -0.1) is 0 Å². The van der Waals surface area contributed by atoms with Crippen LogP contribution in [0.2, 0.25) is 0 Å². The van der Waals surface area contributed by atoms with Crippen molar-refractivity contribution >= 4 is 9.84 Å². The Morgan fingerprint density at radius 3 is 2.50 bits per heavy atom. The zero-order valence-corrected chi connectivity index (χ0v) is 11.1. The average Bonchev–Trinajstić information content (AvgIpc) is 2.19. The SMILES string of the molecule is CC(C)=COCCCC1CCS(=O)(=O)CC1. The molecule has 0 bridgehead atoms. The summed E-state index contributed by atoms with van der Waals surface area (Å²) in [6.07, 6.45) is 5.57. The molecule has 1 aliphatic rings. The van der Waals surface area contributed by atoms with Crippen molar-refractivity contribution in [1.82, 2.24) is 0 Å². The second kappa shape index (κ2) is 6.28. The summed E-state index contributed by atoms with van der Waals surface area (Å²) in [6.45, 7) is 4.76. The van der Waals surface area contributed by atoms with E-state index in [4.69, 9.17) is 4.74 Å². The number of hydrogen-bond donors (Lipinski definition) is 0. The van der Waals surface area contributed by atoms with Crippen LogP contribution >= 0.6 is 0 Å². The van der Waals surface area contributed by atoms with E-state index in [0.29, 0.717) is 17.4 Å². The molecular weight excluding hydrogens is 224 g/mol. The molecule has 3 nitrogen and oxygen atoms in total. The molecule has 0 aliphatic carbocycles. The fraction of sp³-hybridized carbons (Fsp3) is 0.833. The van der Waals surface area contributed by atoms with Crippen LogP contribution in [0.4, 0.5) is 0 Å². The number of ether oxygens (including phenoxy) is 1. The smallest absolute Gasteiger partial charge is 0.150 e. The molecule has 0 aromatic heterocycles. The molecule has 0 N–H and O–H groups in total. The minimum Gasteiger partial charge on any atom is -0.501 e. The van der Waals surface area contributed by atoms with Crippen LogP contribution in [0.25, 0.3) is 0 Å². The molecule has 0 amide bonds. The second-order valence-corrected chi connectivity index (χ2v) is 7.11. The largest absolute Gasteiger partial charge is 0.501 e. The number of hydrogen-bond acceptors (Lipinski definition) is 3. The van der Waals surface area contributed by atoms with Crippen LogP contribution < -0.4 is 0 Å². The highest BCUT2D eigenvalue weighted by atomic mass is 32.2. The standard InChI is InChI=1S/C12H22O3S/c1-11(2)10-15-7-3-4-12-5-8-16(13,14)9-6-12/h10,12H,3-9H2,1-2H3. The maximum Gasteiger partial charge on any atom is 0.150 e. The van der Waals surface area contributed by atoms with Crippen molar-refractivity contribution in [3.63, 3.8) is 0 Å². The summed E-state index contributed by atoms with van der Waals surface area (Å²) in [4.78, 5) is 0. The van der Waals surface area contributed by atoms with E-state index in [1.165, 1.54) is 5.57 Å². The molecule has 1 saturated heterocycles. The van der Waals surface area contributed by atoms with E-state index >= 15 is 0 Å². The van der Waals surface area contributed by atoms with Crippen molar-refractivity contribution in [2.24, 2.45) is 5.92 Å². The Morgan fingerprint density at radius 2 is 1.94 bits per heavy atom. The lowest BCUT2D eigenvalue weighted by Gasteiger charge is -2.21. The Hall–Kier alpha value is -0.510. The third-order valence-corrected chi connectivity index (χ3v) is 4.58. The Labute approximate surface area is 98.8 Å². The van der Waals surface area contributed by atoms with Crippen LogP contribution in [0.1, 0.15) is 39.5 Å². The molecule has 1 rings (SSSR count). The normalized spacial score (nSPS) is 20.4. The zero-order chi connectivity index (χ0) is 12.0. The Kier molecular flexibility index (Phi) is 5.32. The molecule has 0 saturated carbocycles. The molecule has 1 fully saturated rings. The molecule has 4 heteroatoms. The third kappa shape index (κ3) is 5.54. The highest BCUT2D eigenvalue weighted by Gasteiger charge is 2.22. The highest BCUT2D eigenvalue weighted by Crippen LogP contribution is 2.23. The molecule has 0 unspecified atom stereocenters.